The quantitative estimate of drug-likeness (QED) is 0.665. The maximum absolute atomic E-state index is 10.6. The lowest BCUT2D eigenvalue weighted by molar-refractivity contribution is -0.386. The summed E-state index contributed by atoms with van der Waals surface area (Å²) in [5.41, 5.74) is 0.00627. The molecule has 0 aliphatic carbocycles. The topological polar surface area (TPSA) is 80.4 Å². The molecule has 5 nitrogen and oxygen atoms in total. The molecule has 0 unspecified atom stereocenters. The molecule has 0 atom stereocenters. The Hall–Kier alpha value is -1.43. The summed E-state index contributed by atoms with van der Waals surface area (Å²) in [6, 6.07) is 4.50. The fourth-order valence-corrected chi connectivity index (χ4v) is 1.62. The molecule has 1 N–H and O–H groups in total. The van der Waals surface area contributed by atoms with E-state index in [0.717, 1.165) is 0 Å². The number of aliphatic carboxylic acids is 1. The number of hydrogen-bond acceptors (Lipinski definition) is 3. The molecular formula is C8H6BrNO4. The second-order valence-corrected chi connectivity index (χ2v) is 3.43. The van der Waals surface area contributed by atoms with Crippen LogP contribution in [0.25, 0.3) is 0 Å². The van der Waals surface area contributed by atoms with Crippen LogP contribution in [-0.4, -0.2) is 16.0 Å². The summed E-state index contributed by atoms with van der Waals surface area (Å²) in [5.74, 6) is -1.09. The van der Waals surface area contributed by atoms with Gasteiger partial charge in [0.2, 0.25) is 0 Å². The van der Waals surface area contributed by atoms with Crippen molar-refractivity contribution in [3.63, 3.8) is 0 Å². The van der Waals surface area contributed by atoms with Crippen LogP contribution in [0, 0.1) is 10.1 Å². The molecule has 0 aliphatic rings. The summed E-state index contributed by atoms with van der Waals surface area (Å²) in [6.07, 6.45) is -0.351. The zero-order valence-corrected chi connectivity index (χ0v) is 8.52. The molecule has 0 fully saturated rings. The molecule has 0 radical (unpaired) electrons. The molecule has 6 heteroatoms. The first-order chi connectivity index (χ1) is 6.52. The minimum Gasteiger partial charge on any atom is -0.481 e. The fraction of sp³-hybridized carbons (Fsp3) is 0.125. The van der Waals surface area contributed by atoms with Crippen LogP contribution in [0.15, 0.2) is 22.7 Å². The SMILES string of the molecule is O=C(O)Cc1cccc(Br)c1[N+](=O)[O-]. The van der Waals surface area contributed by atoms with E-state index in [1.165, 1.54) is 12.1 Å². The van der Waals surface area contributed by atoms with Crippen molar-refractivity contribution >= 4 is 27.6 Å². The van der Waals surface area contributed by atoms with Crippen molar-refractivity contribution in [3.05, 3.63) is 38.3 Å². The van der Waals surface area contributed by atoms with Gasteiger partial charge in [0.25, 0.3) is 5.69 Å². The number of carboxylic acids is 1. The van der Waals surface area contributed by atoms with Crippen molar-refractivity contribution in [2.24, 2.45) is 0 Å². The maximum atomic E-state index is 10.6. The van der Waals surface area contributed by atoms with Crippen LogP contribution in [0.1, 0.15) is 5.56 Å². The van der Waals surface area contributed by atoms with Crippen LogP contribution in [-0.2, 0) is 11.2 Å². The molecule has 0 saturated heterocycles. The highest BCUT2D eigenvalue weighted by Crippen LogP contribution is 2.28. The summed E-state index contributed by atoms with van der Waals surface area (Å²) in [6.45, 7) is 0. The number of halogens is 1. The summed E-state index contributed by atoms with van der Waals surface area (Å²) in [7, 11) is 0. The lowest BCUT2D eigenvalue weighted by Crippen LogP contribution is -2.04. The van der Waals surface area contributed by atoms with E-state index in [0.29, 0.717) is 4.47 Å². The molecule has 0 spiro atoms. The normalized spacial score (nSPS) is 9.79. The van der Waals surface area contributed by atoms with E-state index in [4.69, 9.17) is 5.11 Å². The highest BCUT2D eigenvalue weighted by molar-refractivity contribution is 9.10. The molecule has 74 valence electrons. The minimum atomic E-state index is -1.09. The van der Waals surface area contributed by atoms with E-state index in [2.05, 4.69) is 15.9 Å². The van der Waals surface area contributed by atoms with Gasteiger partial charge < -0.3 is 5.11 Å². The van der Waals surface area contributed by atoms with Gasteiger partial charge in [0.15, 0.2) is 0 Å². The van der Waals surface area contributed by atoms with E-state index in [1.54, 1.807) is 6.07 Å². The van der Waals surface area contributed by atoms with Gasteiger partial charge in [-0.1, -0.05) is 12.1 Å². The molecule has 0 saturated carbocycles. The second kappa shape index (κ2) is 4.19. The Balaban J connectivity index is 3.21. The van der Waals surface area contributed by atoms with Crippen LogP contribution in [0.2, 0.25) is 0 Å². The second-order valence-electron chi connectivity index (χ2n) is 2.58. The van der Waals surface area contributed by atoms with Crippen LogP contribution in [0.5, 0.6) is 0 Å². The Morgan fingerprint density at radius 1 is 1.57 bits per heavy atom. The Kier molecular flexibility index (Phi) is 3.19. The molecule has 0 amide bonds. The van der Waals surface area contributed by atoms with Crippen molar-refractivity contribution in [2.45, 2.75) is 6.42 Å². The van der Waals surface area contributed by atoms with Gasteiger partial charge in [-0.15, -0.1) is 0 Å². The van der Waals surface area contributed by atoms with Crippen molar-refractivity contribution in [1.82, 2.24) is 0 Å². The summed E-state index contributed by atoms with van der Waals surface area (Å²) < 4.78 is 0.293. The van der Waals surface area contributed by atoms with Crippen molar-refractivity contribution < 1.29 is 14.8 Å². The largest absolute Gasteiger partial charge is 0.481 e. The molecule has 1 rings (SSSR count). The molecule has 14 heavy (non-hydrogen) atoms. The number of carboxylic acid groups (broad SMARTS) is 1. The molecule has 0 aromatic heterocycles. The van der Waals surface area contributed by atoms with Gasteiger partial charge in [0, 0.05) is 5.56 Å². The number of para-hydroxylation sites is 1. The first-order valence-corrected chi connectivity index (χ1v) is 4.45. The number of nitrogens with zero attached hydrogens (tertiary/aromatic N) is 1. The van der Waals surface area contributed by atoms with Crippen LogP contribution < -0.4 is 0 Å². The third-order valence-electron chi connectivity index (χ3n) is 1.59. The van der Waals surface area contributed by atoms with E-state index < -0.39 is 10.9 Å². The highest BCUT2D eigenvalue weighted by atomic mass is 79.9. The van der Waals surface area contributed by atoms with Gasteiger partial charge in [0.05, 0.1) is 15.8 Å². The summed E-state index contributed by atoms with van der Waals surface area (Å²) >= 11 is 3.00. The number of carbonyl (C=O) groups is 1. The fourth-order valence-electron chi connectivity index (χ4n) is 1.07. The lowest BCUT2D eigenvalue weighted by atomic mass is 10.1. The van der Waals surface area contributed by atoms with E-state index in [9.17, 15) is 14.9 Å². The Morgan fingerprint density at radius 2 is 2.21 bits per heavy atom. The highest BCUT2D eigenvalue weighted by Gasteiger charge is 2.19. The van der Waals surface area contributed by atoms with Crippen LogP contribution in [0.4, 0.5) is 5.69 Å². The molecule has 0 aliphatic heterocycles. The average molecular weight is 260 g/mol. The Morgan fingerprint density at radius 3 is 2.71 bits per heavy atom. The van der Waals surface area contributed by atoms with Crippen LogP contribution >= 0.6 is 15.9 Å². The zero-order chi connectivity index (χ0) is 10.7. The third-order valence-corrected chi connectivity index (χ3v) is 2.23. The molecule has 1 aromatic rings. The Bertz CT molecular complexity index is 391. The minimum absolute atomic E-state index is 0.185. The van der Waals surface area contributed by atoms with Crippen LogP contribution in [0.3, 0.4) is 0 Å². The molecule has 1 aromatic carbocycles. The maximum Gasteiger partial charge on any atom is 0.308 e. The van der Waals surface area contributed by atoms with E-state index in [1.807, 2.05) is 0 Å². The predicted octanol–water partition coefficient (Wildman–Crippen LogP) is 1.98. The predicted molar refractivity (Wildman–Crippen MR) is 52.1 cm³/mol. The smallest absolute Gasteiger partial charge is 0.308 e. The van der Waals surface area contributed by atoms with Gasteiger partial charge in [-0.2, -0.15) is 0 Å². The summed E-state index contributed by atoms with van der Waals surface area (Å²) in [4.78, 5) is 20.4. The van der Waals surface area contributed by atoms with Crippen molar-refractivity contribution in [3.8, 4) is 0 Å². The molecular weight excluding hydrogens is 254 g/mol. The Labute approximate surface area is 87.6 Å². The summed E-state index contributed by atoms with van der Waals surface area (Å²) in [5, 5.41) is 19.1. The van der Waals surface area contributed by atoms with Crippen molar-refractivity contribution in [2.75, 3.05) is 0 Å². The average Bonchev–Trinajstić information content (AvgIpc) is 2.01. The number of hydrogen-bond donors (Lipinski definition) is 1. The van der Waals surface area contributed by atoms with Gasteiger partial charge in [-0.3, -0.25) is 14.9 Å². The first kappa shape index (κ1) is 10.6. The van der Waals surface area contributed by atoms with Gasteiger partial charge in [0.1, 0.15) is 0 Å². The number of nitro benzene ring substituents is 1. The molecule has 0 heterocycles. The number of nitro groups is 1. The third kappa shape index (κ3) is 2.29. The van der Waals surface area contributed by atoms with Crippen molar-refractivity contribution in [1.29, 1.82) is 0 Å². The molecule has 0 bridgehead atoms. The van der Waals surface area contributed by atoms with E-state index in [-0.39, 0.29) is 17.7 Å². The standard InChI is InChI=1S/C8H6BrNO4/c9-6-3-1-2-5(4-7(11)12)8(6)10(13)14/h1-3H,4H2,(H,11,12). The number of benzene rings is 1. The lowest BCUT2D eigenvalue weighted by Gasteiger charge is -2.00. The zero-order valence-electron chi connectivity index (χ0n) is 6.94. The van der Waals surface area contributed by atoms with E-state index >= 15 is 0 Å². The van der Waals surface area contributed by atoms with Gasteiger partial charge in [-0.25, -0.2) is 0 Å². The number of rotatable bonds is 3. The van der Waals surface area contributed by atoms with Gasteiger partial charge in [-0.05, 0) is 22.0 Å². The monoisotopic (exact) mass is 259 g/mol. The first-order valence-electron chi connectivity index (χ1n) is 3.66. The van der Waals surface area contributed by atoms with Gasteiger partial charge >= 0.3 is 5.97 Å².